The predicted octanol–water partition coefficient (Wildman–Crippen LogP) is 7.84. The third-order valence-electron chi connectivity index (χ3n) is 10.4. The van der Waals surface area contributed by atoms with E-state index < -0.39 is 0 Å². The summed E-state index contributed by atoms with van der Waals surface area (Å²) in [6, 6.07) is 0. The molecule has 0 aromatic heterocycles. The Morgan fingerprint density at radius 2 is 1.93 bits per heavy atom. The molecule has 0 saturated heterocycles. The number of hydrogen-bond acceptors (Lipinski definition) is 1. The van der Waals surface area contributed by atoms with Crippen molar-refractivity contribution >= 4 is 0 Å². The van der Waals surface area contributed by atoms with Gasteiger partial charge in [-0.1, -0.05) is 50.5 Å². The van der Waals surface area contributed by atoms with Crippen LogP contribution in [0.1, 0.15) is 112 Å². The van der Waals surface area contributed by atoms with E-state index in [0.29, 0.717) is 10.8 Å². The van der Waals surface area contributed by atoms with Gasteiger partial charge >= 0.3 is 0 Å². The fourth-order valence-corrected chi connectivity index (χ4v) is 8.35. The molecule has 0 spiro atoms. The fourth-order valence-electron chi connectivity index (χ4n) is 8.35. The molecule has 0 bridgehead atoms. The maximum absolute atomic E-state index is 10.2. The number of aliphatic hydroxyl groups is 1. The van der Waals surface area contributed by atoms with Crippen molar-refractivity contribution in [3.63, 3.8) is 0 Å². The summed E-state index contributed by atoms with van der Waals surface area (Å²) < 4.78 is 0. The Bertz CT molecular complexity index is 672. The molecule has 7 atom stereocenters. The molecule has 29 heavy (non-hydrogen) atoms. The SMILES string of the molecule is CCC(C)=CCC[C@@H](C)[C@H]1CC[C@H]2C3=C(CC[C@]12C)[C@@]1(C)CC[C@H](O)C[C@@H]1CC3. The fraction of sp³-hybridized carbons (Fsp3) is 0.857. The topological polar surface area (TPSA) is 20.2 Å². The van der Waals surface area contributed by atoms with Crippen molar-refractivity contribution in [3.05, 3.63) is 22.8 Å². The molecule has 0 radical (unpaired) electrons. The average Bonchev–Trinajstić information content (AvgIpc) is 3.05. The first-order chi connectivity index (χ1) is 13.8. The first-order valence-electron chi connectivity index (χ1n) is 12.9. The Balaban J connectivity index is 1.52. The molecule has 0 unspecified atom stereocenters. The molecule has 1 nitrogen and oxygen atoms in total. The van der Waals surface area contributed by atoms with Crippen LogP contribution in [0.2, 0.25) is 0 Å². The third-order valence-corrected chi connectivity index (χ3v) is 10.4. The van der Waals surface area contributed by atoms with Crippen molar-refractivity contribution < 1.29 is 5.11 Å². The van der Waals surface area contributed by atoms with E-state index in [0.717, 1.165) is 36.5 Å². The Labute approximate surface area is 180 Å². The Morgan fingerprint density at radius 3 is 2.69 bits per heavy atom. The quantitative estimate of drug-likeness (QED) is 0.468. The lowest BCUT2D eigenvalue weighted by Gasteiger charge is -2.55. The van der Waals surface area contributed by atoms with Crippen molar-refractivity contribution in [3.8, 4) is 0 Å². The summed E-state index contributed by atoms with van der Waals surface area (Å²) in [7, 11) is 0. The molecule has 2 fully saturated rings. The molecular weight excluding hydrogens is 352 g/mol. The van der Waals surface area contributed by atoms with Crippen LogP contribution in [0.4, 0.5) is 0 Å². The van der Waals surface area contributed by atoms with Gasteiger partial charge in [-0.25, -0.2) is 0 Å². The molecule has 0 amide bonds. The minimum absolute atomic E-state index is 0.0359. The molecule has 0 heterocycles. The number of fused-ring (bicyclic) bond motifs is 4. The zero-order valence-corrected chi connectivity index (χ0v) is 19.9. The Kier molecular flexibility index (Phi) is 6.11. The van der Waals surface area contributed by atoms with E-state index in [4.69, 9.17) is 0 Å². The third kappa shape index (κ3) is 3.68. The van der Waals surface area contributed by atoms with Crippen LogP contribution in [-0.2, 0) is 0 Å². The Hall–Kier alpha value is -0.560. The van der Waals surface area contributed by atoms with Gasteiger partial charge in [0.2, 0.25) is 0 Å². The van der Waals surface area contributed by atoms with Crippen molar-refractivity contribution in [2.75, 3.05) is 0 Å². The minimum atomic E-state index is -0.0359. The first-order valence-corrected chi connectivity index (χ1v) is 12.9. The van der Waals surface area contributed by atoms with E-state index in [9.17, 15) is 5.11 Å². The maximum Gasteiger partial charge on any atom is 0.0543 e. The van der Waals surface area contributed by atoms with E-state index >= 15 is 0 Å². The van der Waals surface area contributed by atoms with E-state index in [1.807, 2.05) is 11.1 Å². The second kappa shape index (κ2) is 8.18. The van der Waals surface area contributed by atoms with Crippen LogP contribution >= 0.6 is 0 Å². The zero-order chi connectivity index (χ0) is 20.8. The normalized spacial score (nSPS) is 43.6. The molecule has 4 rings (SSSR count). The van der Waals surface area contributed by atoms with Gasteiger partial charge in [0, 0.05) is 0 Å². The molecule has 0 aromatic rings. The summed E-state index contributed by atoms with van der Waals surface area (Å²) in [5.41, 5.74) is 6.28. The van der Waals surface area contributed by atoms with Gasteiger partial charge in [-0.3, -0.25) is 0 Å². The number of rotatable bonds is 5. The highest BCUT2D eigenvalue weighted by molar-refractivity contribution is 5.34. The van der Waals surface area contributed by atoms with Crippen molar-refractivity contribution in [1.29, 1.82) is 0 Å². The summed E-state index contributed by atoms with van der Waals surface area (Å²) in [6.07, 6.45) is 17.9. The van der Waals surface area contributed by atoms with Crippen LogP contribution in [-0.4, -0.2) is 11.2 Å². The molecule has 0 aromatic carbocycles. The number of hydrogen-bond donors (Lipinski definition) is 1. The van der Waals surface area contributed by atoms with Gasteiger partial charge in [-0.2, -0.15) is 0 Å². The summed E-state index contributed by atoms with van der Waals surface area (Å²) in [4.78, 5) is 0. The Morgan fingerprint density at radius 1 is 1.14 bits per heavy atom. The van der Waals surface area contributed by atoms with Gasteiger partial charge in [0.15, 0.2) is 0 Å². The molecule has 1 N–H and O–H groups in total. The highest BCUT2D eigenvalue weighted by atomic mass is 16.3. The standard InChI is InChI=1S/C28H46O/c1-6-19(2)8-7-9-20(3)24-12-13-25-23-11-10-21-18-22(29)14-16-27(21,4)26(23)15-17-28(24,25)5/h8,20-22,24-25,29H,6-7,9-18H2,1-5H3/t20-,21+,22+,24-,25+,27+,28-/m1/s1. The first kappa shape index (κ1) is 21.7. The summed E-state index contributed by atoms with van der Waals surface area (Å²) in [5, 5.41) is 10.2. The smallest absolute Gasteiger partial charge is 0.0543 e. The second-order valence-corrected chi connectivity index (χ2v) is 11.8. The lowest BCUT2D eigenvalue weighted by Crippen LogP contribution is -2.45. The molecule has 0 aliphatic heterocycles. The lowest BCUT2D eigenvalue weighted by atomic mass is 9.50. The van der Waals surface area contributed by atoms with Crippen LogP contribution in [0, 0.1) is 34.5 Å². The van der Waals surface area contributed by atoms with Crippen LogP contribution in [0.3, 0.4) is 0 Å². The monoisotopic (exact) mass is 398 g/mol. The van der Waals surface area contributed by atoms with E-state index in [2.05, 4.69) is 40.7 Å². The molecule has 2 saturated carbocycles. The minimum Gasteiger partial charge on any atom is -0.393 e. The van der Waals surface area contributed by atoms with Gasteiger partial charge in [-0.05, 0) is 118 Å². The van der Waals surface area contributed by atoms with Crippen LogP contribution < -0.4 is 0 Å². The van der Waals surface area contributed by atoms with Gasteiger partial charge in [-0.15, -0.1) is 0 Å². The molecule has 4 aliphatic rings. The number of allylic oxidation sites excluding steroid dienone is 4. The van der Waals surface area contributed by atoms with E-state index in [1.165, 1.54) is 64.2 Å². The van der Waals surface area contributed by atoms with Crippen LogP contribution in [0.25, 0.3) is 0 Å². The highest BCUT2D eigenvalue weighted by Crippen LogP contribution is 2.65. The van der Waals surface area contributed by atoms with Gasteiger partial charge in [0.1, 0.15) is 0 Å². The second-order valence-electron chi connectivity index (χ2n) is 11.8. The van der Waals surface area contributed by atoms with Gasteiger partial charge in [0.05, 0.1) is 6.10 Å². The van der Waals surface area contributed by atoms with E-state index in [1.54, 1.807) is 5.57 Å². The van der Waals surface area contributed by atoms with E-state index in [-0.39, 0.29) is 6.10 Å². The molecule has 1 heteroatoms. The maximum atomic E-state index is 10.2. The van der Waals surface area contributed by atoms with Crippen LogP contribution in [0.5, 0.6) is 0 Å². The van der Waals surface area contributed by atoms with Gasteiger partial charge in [0.25, 0.3) is 0 Å². The van der Waals surface area contributed by atoms with Crippen LogP contribution in [0.15, 0.2) is 22.8 Å². The zero-order valence-electron chi connectivity index (χ0n) is 19.9. The molecule has 4 aliphatic carbocycles. The average molecular weight is 399 g/mol. The molecule has 164 valence electrons. The summed E-state index contributed by atoms with van der Waals surface area (Å²) in [6.45, 7) is 12.3. The highest BCUT2D eigenvalue weighted by Gasteiger charge is 2.55. The lowest BCUT2D eigenvalue weighted by molar-refractivity contribution is 0.0133. The van der Waals surface area contributed by atoms with Crippen molar-refractivity contribution in [2.24, 2.45) is 34.5 Å². The largest absolute Gasteiger partial charge is 0.393 e. The van der Waals surface area contributed by atoms with Gasteiger partial charge < -0.3 is 5.11 Å². The number of aliphatic hydroxyl groups excluding tert-OH is 1. The summed E-state index contributed by atoms with van der Waals surface area (Å²) in [5.74, 6) is 3.36. The van der Waals surface area contributed by atoms with Crippen molar-refractivity contribution in [2.45, 2.75) is 118 Å². The summed E-state index contributed by atoms with van der Waals surface area (Å²) >= 11 is 0. The molecular formula is C28H46O. The predicted molar refractivity (Wildman–Crippen MR) is 124 cm³/mol. The van der Waals surface area contributed by atoms with Crippen molar-refractivity contribution in [1.82, 2.24) is 0 Å².